The molecule has 0 radical (unpaired) electrons. The third-order valence-electron chi connectivity index (χ3n) is 6.06. The average molecular weight is 400 g/mol. The number of rotatable bonds is 7. The maximum atomic E-state index is 13.9. The first-order chi connectivity index (χ1) is 14.8. The zero-order chi connectivity index (χ0) is 20.8. The first-order valence-electron chi connectivity index (χ1n) is 10.8. The molecule has 154 valence electrons. The average Bonchev–Trinajstić information content (AvgIpc) is 2.84. The summed E-state index contributed by atoms with van der Waals surface area (Å²) in [7, 11) is 1.68. The molecule has 0 N–H and O–H groups in total. The van der Waals surface area contributed by atoms with Crippen molar-refractivity contribution in [3.05, 3.63) is 102 Å². The molecule has 3 aromatic carbocycles. The predicted molar refractivity (Wildman–Crippen MR) is 121 cm³/mol. The van der Waals surface area contributed by atoms with Crippen molar-refractivity contribution < 1.29 is 9.53 Å². The molecule has 3 heteroatoms. The van der Waals surface area contributed by atoms with Gasteiger partial charge in [-0.3, -0.25) is 9.69 Å². The molecule has 0 bridgehead atoms. The first-order valence-corrected chi connectivity index (χ1v) is 10.8. The van der Waals surface area contributed by atoms with Crippen LogP contribution in [0.3, 0.4) is 0 Å². The van der Waals surface area contributed by atoms with Gasteiger partial charge in [0.05, 0.1) is 13.0 Å². The van der Waals surface area contributed by atoms with Crippen LogP contribution in [0.25, 0.3) is 0 Å². The Morgan fingerprint density at radius 3 is 1.97 bits per heavy atom. The highest BCUT2D eigenvalue weighted by Gasteiger charge is 2.36. The van der Waals surface area contributed by atoms with Gasteiger partial charge in [0.25, 0.3) is 0 Å². The minimum absolute atomic E-state index is 0.00804. The number of benzene rings is 3. The lowest BCUT2D eigenvalue weighted by Gasteiger charge is -2.39. The summed E-state index contributed by atoms with van der Waals surface area (Å²) in [5.74, 6) is 0.745. The number of nitrogens with zero attached hydrogens (tertiary/aromatic N) is 1. The van der Waals surface area contributed by atoms with Gasteiger partial charge >= 0.3 is 0 Å². The van der Waals surface area contributed by atoms with Crippen molar-refractivity contribution in [1.29, 1.82) is 0 Å². The number of ketones is 1. The molecule has 0 saturated carbocycles. The van der Waals surface area contributed by atoms with E-state index in [-0.39, 0.29) is 17.7 Å². The molecule has 1 saturated heterocycles. The molecule has 4 rings (SSSR count). The van der Waals surface area contributed by atoms with E-state index in [1.807, 2.05) is 60.7 Å². The standard InChI is InChI=1S/C27H29NO2/c1-30-24-17-15-22(16-18-24)26(28-19-9-4-10-20-28)25(21-11-5-2-6-12-21)27(29)23-13-7-3-8-14-23/h2-3,5-8,11-18,25-26H,4,9-10,19-20H2,1H3/t25-,26+/m1/s1. The molecule has 2 atom stereocenters. The van der Waals surface area contributed by atoms with E-state index in [0.717, 1.165) is 35.5 Å². The van der Waals surface area contributed by atoms with E-state index in [1.54, 1.807) is 7.11 Å². The Labute approximate surface area is 179 Å². The normalized spacial score (nSPS) is 16.6. The molecule has 1 fully saturated rings. The van der Waals surface area contributed by atoms with E-state index in [0.29, 0.717) is 0 Å². The molecule has 0 unspecified atom stereocenters. The van der Waals surface area contributed by atoms with Crippen LogP contribution in [0.1, 0.15) is 52.7 Å². The van der Waals surface area contributed by atoms with Crippen molar-refractivity contribution in [3.63, 3.8) is 0 Å². The minimum atomic E-state index is -0.264. The molecule has 1 aliphatic heterocycles. The summed E-state index contributed by atoms with van der Waals surface area (Å²) in [5, 5.41) is 0. The summed E-state index contributed by atoms with van der Waals surface area (Å²) in [6.45, 7) is 2.03. The number of hydrogen-bond acceptors (Lipinski definition) is 3. The van der Waals surface area contributed by atoms with Gasteiger partial charge < -0.3 is 4.74 Å². The number of carbonyl (C=O) groups excluding carboxylic acids is 1. The molecular weight excluding hydrogens is 370 g/mol. The third kappa shape index (κ3) is 4.47. The van der Waals surface area contributed by atoms with Crippen LogP contribution in [-0.4, -0.2) is 30.9 Å². The largest absolute Gasteiger partial charge is 0.497 e. The summed E-state index contributed by atoms with van der Waals surface area (Å²) in [4.78, 5) is 16.4. The number of likely N-dealkylation sites (tertiary alicyclic amines) is 1. The van der Waals surface area contributed by atoms with Crippen LogP contribution in [0.2, 0.25) is 0 Å². The van der Waals surface area contributed by atoms with Crippen LogP contribution in [-0.2, 0) is 0 Å². The van der Waals surface area contributed by atoms with Gasteiger partial charge in [-0.1, -0.05) is 79.2 Å². The van der Waals surface area contributed by atoms with Crippen LogP contribution in [0.4, 0.5) is 0 Å². The van der Waals surface area contributed by atoms with Crippen molar-refractivity contribution in [2.24, 2.45) is 0 Å². The van der Waals surface area contributed by atoms with E-state index in [1.165, 1.54) is 19.3 Å². The highest BCUT2D eigenvalue weighted by molar-refractivity contribution is 6.01. The van der Waals surface area contributed by atoms with Crippen molar-refractivity contribution >= 4 is 5.78 Å². The summed E-state index contributed by atoms with van der Waals surface area (Å²) in [5.41, 5.74) is 3.00. The number of carbonyl (C=O) groups is 1. The van der Waals surface area contributed by atoms with E-state index in [2.05, 4.69) is 29.2 Å². The van der Waals surface area contributed by atoms with E-state index in [4.69, 9.17) is 4.74 Å². The second kappa shape index (κ2) is 9.73. The van der Waals surface area contributed by atoms with Crippen molar-refractivity contribution in [3.8, 4) is 5.75 Å². The van der Waals surface area contributed by atoms with Crippen LogP contribution >= 0.6 is 0 Å². The zero-order valence-electron chi connectivity index (χ0n) is 17.5. The Bertz CT molecular complexity index is 932. The minimum Gasteiger partial charge on any atom is -0.497 e. The highest BCUT2D eigenvalue weighted by atomic mass is 16.5. The Kier molecular flexibility index (Phi) is 6.60. The highest BCUT2D eigenvalue weighted by Crippen LogP contribution is 2.40. The zero-order valence-corrected chi connectivity index (χ0v) is 17.5. The molecular formula is C27H29NO2. The molecule has 0 spiro atoms. The SMILES string of the molecule is COc1ccc([C@@H]([C@H](C(=O)c2ccccc2)c2ccccc2)N2CCCCC2)cc1. The van der Waals surface area contributed by atoms with Crippen molar-refractivity contribution in [2.45, 2.75) is 31.2 Å². The Morgan fingerprint density at radius 1 is 0.767 bits per heavy atom. The molecule has 30 heavy (non-hydrogen) atoms. The van der Waals surface area contributed by atoms with Crippen molar-refractivity contribution in [1.82, 2.24) is 4.90 Å². The molecule has 1 aliphatic rings. The smallest absolute Gasteiger partial charge is 0.172 e. The number of Topliss-reactive ketones (excluding diaryl/α,β-unsaturated/α-hetero) is 1. The lowest BCUT2D eigenvalue weighted by Crippen LogP contribution is -2.39. The van der Waals surface area contributed by atoms with Gasteiger partial charge in [0.1, 0.15) is 5.75 Å². The van der Waals surface area contributed by atoms with Crippen LogP contribution in [0.5, 0.6) is 5.75 Å². The van der Waals surface area contributed by atoms with Crippen LogP contribution in [0.15, 0.2) is 84.9 Å². The lowest BCUT2D eigenvalue weighted by atomic mass is 9.80. The maximum Gasteiger partial charge on any atom is 0.172 e. The fraction of sp³-hybridized carbons (Fsp3) is 0.296. The topological polar surface area (TPSA) is 29.5 Å². The molecule has 0 aromatic heterocycles. The monoisotopic (exact) mass is 399 g/mol. The molecule has 3 aromatic rings. The van der Waals surface area contributed by atoms with Gasteiger partial charge in [-0.15, -0.1) is 0 Å². The Balaban J connectivity index is 1.82. The molecule has 3 nitrogen and oxygen atoms in total. The first kappa shape index (κ1) is 20.4. The van der Waals surface area contributed by atoms with Gasteiger partial charge in [0.15, 0.2) is 5.78 Å². The fourth-order valence-corrected chi connectivity index (χ4v) is 4.53. The lowest BCUT2D eigenvalue weighted by molar-refractivity contribution is 0.0835. The third-order valence-corrected chi connectivity index (χ3v) is 6.06. The van der Waals surface area contributed by atoms with Gasteiger partial charge in [-0.05, 0) is 49.2 Å². The number of methoxy groups -OCH3 is 1. The molecule has 0 aliphatic carbocycles. The Morgan fingerprint density at radius 2 is 1.37 bits per heavy atom. The summed E-state index contributed by atoms with van der Waals surface area (Å²) < 4.78 is 5.38. The molecule has 0 amide bonds. The van der Waals surface area contributed by atoms with Crippen LogP contribution in [0, 0.1) is 0 Å². The van der Waals surface area contributed by atoms with E-state index >= 15 is 0 Å². The number of piperidine rings is 1. The quantitative estimate of drug-likeness (QED) is 0.464. The van der Waals surface area contributed by atoms with Crippen LogP contribution < -0.4 is 4.74 Å². The summed E-state index contributed by atoms with van der Waals surface area (Å²) in [6.07, 6.45) is 3.61. The van der Waals surface area contributed by atoms with Gasteiger partial charge in [0.2, 0.25) is 0 Å². The van der Waals surface area contributed by atoms with Gasteiger partial charge in [-0.25, -0.2) is 0 Å². The van der Waals surface area contributed by atoms with Crippen molar-refractivity contribution in [2.75, 3.05) is 20.2 Å². The fourth-order valence-electron chi connectivity index (χ4n) is 4.53. The van der Waals surface area contributed by atoms with E-state index in [9.17, 15) is 4.79 Å². The van der Waals surface area contributed by atoms with E-state index < -0.39 is 0 Å². The second-order valence-corrected chi connectivity index (χ2v) is 7.93. The maximum absolute atomic E-state index is 13.9. The predicted octanol–water partition coefficient (Wildman–Crippen LogP) is 5.89. The Hall–Kier alpha value is -2.91. The van der Waals surface area contributed by atoms with Gasteiger partial charge in [0, 0.05) is 11.6 Å². The summed E-state index contributed by atoms with van der Waals surface area (Å²) in [6, 6.07) is 28.2. The number of ether oxygens (including phenoxy) is 1. The summed E-state index contributed by atoms with van der Waals surface area (Å²) >= 11 is 0. The second-order valence-electron chi connectivity index (χ2n) is 7.93. The van der Waals surface area contributed by atoms with Gasteiger partial charge in [-0.2, -0.15) is 0 Å². The number of hydrogen-bond donors (Lipinski definition) is 0. The molecule has 1 heterocycles.